The van der Waals surface area contributed by atoms with E-state index in [4.69, 9.17) is 0 Å². The molecule has 0 saturated heterocycles. The van der Waals surface area contributed by atoms with Gasteiger partial charge >= 0.3 is 0 Å². The second-order valence-electron chi connectivity index (χ2n) is 5.42. The zero-order valence-corrected chi connectivity index (χ0v) is 10.5. The highest BCUT2D eigenvalue weighted by molar-refractivity contribution is 6.10. The van der Waals surface area contributed by atoms with E-state index < -0.39 is 0 Å². The van der Waals surface area contributed by atoms with E-state index in [1.807, 2.05) is 0 Å². The summed E-state index contributed by atoms with van der Waals surface area (Å²) in [7, 11) is 0. The number of para-hydroxylation sites is 2. The van der Waals surface area contributed by atoms with Crippen molar-refractivity contribution < 1.29 is 0 Å². The second-order valence-corrected chi connectivity index (χ2v) is 5.42. The van der Waals surface area contributed by atoms with E-state index in [2.05, 4.69) is 71.3 Å². The molecule has 2 aromatic carbocycles. The lowest BCUT2D eigenvalue weighted by molar-refractivity contribution is 0.615. The molecule has 90 valence electrons. The number of benzene rings is 2. The monoisotopic (exact) mass is 243 g/mol. The SMILES string of the molecule is C1=CC2c3cccc4c5ccccc5n(c34)C2C=C1. The van der Waals surface area contributed by atoms with Gasteiger partial charge in [-0.3, -0.25) is 0 Å². The lowest BCUT2D eigenvalue weighted by Crippen LogP contribution is -2.08. The Balaban J connectivity index is 2.06. The molecule has 1 aromatic heterocycles. The van der Waals surface area contributed by atoms with Crippen molar-refractivity contribution in [3.8, 4) is 0 Å². The minimum absolute atomic E-state index is 0.449. The Morgan fingerprint density at radius 1 is 0.789 bits per heavy atom. The maximum absolute atomic E-state index is 2.52. The highest BCUT2D eigenvalue weighted by Crippen LogP contribution is 2.48. The first-order valence-corrected chi connectivity index (χ1v) is 6.82. The topological polar surface area (TPSA) is 4.93 Å². The zero-order chi connectivity index (χ0) is 12.4. The quantitative estimate of drug-likeness (QED) is 0.545. The van der Waals surface area contributed by atoms with Crippen LogP contribution in [0.15, 0.2) is 66.8 Å². The number of allylic oxidation sites excluding steroid dienone is 4. The minimum Gasteiger partial charge on any atom is -0.332 e. The van der Waals surface area contributed by atoms with Crippen molar-refractivity contribution in [2.24, 2.45) is 0 Å². The number of rotatable bonds is 0. The van der Waals surface area contributed by atoms with E-state index in [-0.39, 0.29) is 0 Å². The van der Waals surface area contributed by atoms with Crippen molar-refractivity contribution in [1.29, 1.82) is 0 Å². The van der Waals surface area contributed by atoms with Crippen molar-refractivity contribution in [2.75, 3.05) is 0 Å². The highest BCUT2D eigenvalue weighted by Gasteiger charge is 2.33. The van der Waals surface area contributed by atoms with Gasteiger partial charge in [0.1, 0.15) is 0 Å². The molecule has 1 heteroatoms. The molecule has 1 aliphatic heterocycles. The molecule has 0 spiro atoms. The third-order valence-corrected chi connectivity index (χ3v) is 4.52. The lowest BCUT2D eigenvalue weighted by Gasteiger charge is -2.19. The average Bonchev–Trinajstić information content (AvgIpc) is 2.99. The Morgan fingerprint density at radius 3 is 2.63 bits per heavy atom. The Bertz CT molecular complexity index is 879. The molecule has 5 rings (SSSR count). The fraction of sp³-hybridized carbons (Fsp3) is 0.111. The van der Waals surface area contributed by atoms with Crippen molar-refractivity contribution in [3.63, 3.8) is 0 Å². The molecule has 2 heterocycles. The van der Waals surface area contributed by atoms with Crippen molar-refractivity contribution in [1.82, 2.24) is 4.57 Å². The van der Waals surface area contributed by atoms with E-state index in [1.165, 1.54) is 27.4 Å². The standard InChI is InChI=1S/C18H13N/c1-3-10-16-12(6-1)14-8-5-9-15-13-7-2-4-11-17(13)19(16)18(14)15/h1-12,16H. The van der Waals surface area contributed by atoms with Crippen molar-refractivity contribution >= 4 is 21.8 Å². The van der Waals surface area contributed by atoms with Gasteiger partial charge in [0.25, 0.3) is 0 Å². The second kappa shape index (κ2) is 3.18. The summed E-state index contributed by atoms with van der Waals surface area (Å²) in [4.78, 5) is 0. The van der Waals surface area contributed by atoms with Gasteiger partial charge in [-0.05, 0) is 11.6 Å². The molecule has 3 aromatic rings. The van der Waals surface area contributed by atoms with Crippen LogP contribution in [0.4, 0.5) is 0 Å². The van der Waals surface area contributed by atoms with Crippen molar-refractivity contribution in [2.45, 2.75) is 12.0 Å². The molecule has 0 saturated carbocycles. The summed E-state index contributed by atoms with van der Waals surface area (Å²) < 4.78 is 2.52. The van der Waals surface area contributed by atoms with Crippen LogP contribution in [-0.4, -0.2) is 4.57 Å². The molecule has 1 aliphatic carbocycles. The summed E-state index contributed by atoms with van der Waals surface area (Å²) in [6, 6.07) is 15.9. The zero-order valence-electron chi connectivity index (χ0n) is 10.5. The molecule has 0 amide bonds. The third-order valence-electron chi connectivity index (χ3n) is 4.52. The fourth-order valence-corrected chi connectivity index (χ4v) is 3.79. The Kier molecular flexibility index (Phi) is 1.61. The number of nitrogens with zero attached hydrogens (tertiary/aromatic N) is 1. The van der Waals surface area contributed by atoms with Gasteiger partial charge in [0.15, 0.2) is 0 Å². The van der Waals surface area contributed by atoms with Gasteiger partial charge in [-0.1, -0.05) is 60.7 Å². The normalized spacial score (nSPS) is 23.4. The van der Waals surface area contributed by atoms with E-state index >= 15 is 0 Å². The van der Waals surface area contributed by atoms with E-state index in [9.17, 15) is 0 Å². The molecule has 19 heavy (non-hydrogen) atoms. The number of aromatic nitrogens is 1. The van der Waals surface area contributed by atoms with Crippen LogP contribution in [0.25, 0.3) is 21.8 Å². The molecule has 0 fully saturated rings. The first-order chi connectivity index (χ1) is 9.45. The van der Waals surface area contributed by atoms with Crippen LogP contribution in [0.3, 0.4) is 0 Å². The van der Waals surface area contributed by atoms with Crippen LogP contribution in [-0.2, 0) is 0 Å². The van der Waals surface area contributed by atoms with Gasteiger partial charge in [-0.25, -0.2) is 0 Å². The first-order valence-electron chi connectivity index (χ1n) is 6.82. The number of hydrogen-bond acceptors (Lipinski definition) is 0. The van der Waals surface area contributed by atoms with Crippen LogP contribution in [0.2, 0.25) is 0 Å². The van der Waals surface area contributed by atoms with Crippen LogP contribution in [0.1, 0.15) is 17.5 Å². The third kappa shape index (κ3) is 1.03. The molecule has 0 bridgehead atoms. The van der Waals surface area contributed by atoms with E-state index in [0.717, 1.165) is 0 Å². The fourth-order valence-electron chi connectivity index (χ4n) is 3.79. The molecule has 0 N–H and O–H groups in total. The van der Waals surface area contributed by atoms with Crippen LogP contribution in [0.5, 0.6) is 0 Å². The number of fused-ring (bicyclic) bond motifs is 6. The van der Waals surface area contributed by atoms with Crippen LogP contribution < -0.4 is 0 Å². The molecule has 2 aliphatic rings. The lowest BCUT2D eigenvalue weighted by atomic mass is 9.90. The van der Waals surface area contributed by atoms with Gasteiger partial charge in [0.05, 0.1) is 11.6 Å². The first kappa shape index (κ1) is 9.62. The average molecular weight is 243 g/mol. The summed E-state index contributed by atoms with van der Waals surface area (Å²) in [6.45, 7) is 0. The van der Waals surface area contributed by atoms with Gasteiger partial charge in [-0.15, -0.1) is 0 Å². The minimum atomic E-state index is 0.449. The summed E-state index contributed by atoms with van der Waals surface area (Å²) in [6.07, 6.45) is 9.01. The van der Waals surface area contributed by atoms with Crippen LogP contribution >= 0.6 is 0 Å². The Labute approximate surface area is 111 Å². The van der Waals surface area contributed by atoms with Gasteiger partial charge < -0.3 is 4.57 Å². The molecular formula is C18H13N. The predicted octanol–water partition coefficient (Wildman–Crippen LogP) is 4.56. The Hall–Kier alpha value is -2.28. The van der Waals surface area contributed by atoms with Crippen LogP contribution in [0, 0.1) is 0 Å². The van der Waals surface area contributed by atoms with Gasteiger partial charge in [0.2, 0.25) is 0 Å². The Morgan fingerprint density at radius 2 is 1.63 bits per heavy atom. The predicted molar refractivity (Wildman–Crippen MR) is 79.5 cm³/mol. The smallest absolute Gasteiger partial charge is 0.0630 e. The summed E-state index contributed by atoms with van der Waals surface area (Å²) in [5, 5.41) is 2.77. The maximum atomic E-state index is 2.52. The summed E-state index contributed by atoms with van der Waals surface area (Å²) in [5.41, 5.74) is 4.26. The molecule has 1 nitrogen and oxygen atoms in total. The molecular weight excluding hydrogens is 230 g/mol. The van der Waals surface area contributed by atoms with E-state index in [1.54, 1.807) is 0 Å². The summed E-state index contributed by atoms with van der Waals surface area (Å²) >= 11 is 0. The van der Waals surface area contributed by atoms with E-state index in [0.29, 0.717) is 12.0 Å². The van der Waals surface area contributed by atoms with Gasteiger partial charge in [0, 0.05) is 22.2 Å². The highest BCUT2D eigenvalue weighted by atomic mass is 15.0. The maximum Gasteiger partial charge on any atom is 0.0630 e. The molecule has 2 atom stereocenters. The molecule has 0 radical (unpaired) electrons. The van der Waals surface area contributed by atoms with Gasteiger partial charge in [-0.2, -0.15) is 0 Å². The summed E-state index contributed by atoms with van der Waals surface area (Å²) in [5.74, 6) is 0.508. The molecule has 2 unspecified atom stereocenters. The number of hydrogen-bond donors (Lipinski definition) is 0. The largest absolute Gasteiger partial charge is 0.332 e. The van der Waals surface area contributed by atoms with Crippen molar-refractivity contribution in [3.05, 3.63) is 72.3 Å².